The van der Waals surface area contributed by atoms with E-state index in [1.54, 1.807) is 23.0 Å². The van der Waals surface area contributed by atoms with Crippen LogP contribution in [0.5, 0.6) is 0 Å². The van der Waals surface area contributed by atoms with Crippen molar-refractivity contribution in [3.8, 4) is 5.69 Å². The molecule has 0 aliphatic heterocycles. The van der Waals surface area contributed by atoms with E-state index in [-0.39, 0.29) is 5.91 Å². The van der Waals surface area contributed by atoms with Crippen molar-refractivity contribution in [1.29, 1.82) is 0 Å². The molecule has 5 nitrogen and oxygen atoms in total. The number of benzene rings is 1. The third-order valence-corrected chi connectivity index (χ3v) is 3.24. The standard InChI is InChI=1S/C17H16N4O/c1-12-5-3-7-15(9-12)21-16(10-13(2)20-21)19-17(22)14-6-4-8-18-11-14/h3-11H,1-2H3,(H,19,22). The van der Waals surface area contributed by atoms with E-state index < -0.39 is 0 Å². The summed E-state index contributed by atoms with van der Waals surface area (Å²) in [5.41, 5.74) is 3.39. The lowest BCUT2D eigenvalue weighted by Gasteiger charge is -2.09. The largest absolute Gasteiger partial charge is 0.306 e. The van der Waals surface area contributed by atoms with Gasteiger partial charge in [-0.3, -0.25) is 9.78 Å². The highest BCUT2D eigenvalue weighted by Gasteiger charge is 2.12. The van der Waals surface area contributed by atoms with Crippen LogP contribution >= 0.6 is 0 Å². The van der Waals surface area contributed by atoms with Crippen molar-refractivity contribution in [3.63, 3.8) is 0 Å². The van der Waals surface area contributed by atoms with Gasteiger partial charge in [0.25, 0.3) is 5.91 Å². The molecule has 1 aromatic carbocycles. The molecule has 1 amide bonds. The van der Waals surface area contributed by atoms with Gasteiger partial charge in [0, 0.05) is 18.5 Å². The molecule has 2 aromatic heterocycles. The molecule has 0 unspecified atom stereocenters. The quantitative estimate of drug-likeness (QED) is 0.806. The maximum Gasteiger partial charge on any atom is 0.258 e. The van der Waals surface area contributed by atoms with Crippen LogP contribution in [0.2, 0.25) is 0 Å². The first kappa shape index (κ1) is 14.0. The Morgan fingerprint density at radius 2 is 2.00 bits per heavy atom. The number of aromatic nitrogens is 3. The number of nitrogens with one attached hydrogen (secondary N) is 1. The third-order valence-electron chi connectivity index (χ3n) is 3.24. The van der Waals surface area contributed by atoms with Crippen molar-refractivity contribution < 1.29 is 4.79 Å². The highest BCUT2D eigenvalue weighted by molar-refractivity contribution is 6.03. The van der Waals surface area contributed by atoms with Crippen molar-refractivity contribution >= 4 is 11.7 Å². The predicted molar refractivity (Wildman–Crippen MR) is 85.2 cm³/mol. The number of amides is 1. The summed E-state index contributed by atoms with van der Waals surface area (Å²) in [6.07, 6.45) is 3.17. The molecular weight excluding hydrogens is 276 g/mol. The topological polar surface area (TPSA) is 59.8 Å². The normalized spacial score (nSPS) is 10.5. The fourth-order valence-corrected chi connectivity index (χ4v) is 2.23. The summed E-state index contributed by atoms with van der Waals surface area (Å²) >= 11 is 0. The zero-order valence-corrected chi connectivity index (χ0v) is 12.4. The third kappa shape index (κ3) is 2.88. The zero-order valence-electron chi connectivity index (χ0n) is 12.4. The molecule has 0 radical (unpaired) electrons. The van der Waals surface area contributed by atoms with E-state index in [1.165, 1.54) is 6.20 Å². The first-order chi connectivity index (χ1) is 10.6. The number of hydrogen-bond donors (Lipinski definition) is 1. The van der Waals surface area contributed by atoms with E-state index in [2.05, 4.69) is 15.4 Å². The van der Waals surface area contributed by atoms with Gasteiger partial charge in [0.15, 0.2) is 0 Å². The number of rotatable bonds is 3. The maximum absolute atomic E-state index is 12.3. The number of nitrogens with zero attached hydrogens (tertiary/aromatic N) is 3. The molecule has 0 saturated carbocycles. The van der Waals surface area contributed by atoms with Gasteiger partial charge < -0.3 is 5.32 Å². The van der Waals surface area contributed by atoms with Gasteiger partial charge in [-0.2, -0.15) is 5.10 Å². The maximum atomic E-state index is 12.3. The predicted octanol–water partition coefficient (Wildman–Crippen LogP) is 3.14. The molecular formula is C17H16N4O. The van der Waals surface area contributed by atoms with Crippen LogP contribution in [0.1, 0.15) is 21.6 Å². The lowest BCUT2D eigenvalue weighted by molar-refractivity contribution is 0.102. The molecule has 0 spiro atoms. The molecule has 0 atom stereocenters. The second-order valence-electron chi connectivity index (χ2n) is 5.12. The Kier molecular flexibility index (Phi) is 3.70. The van der Waals surface area contributed by atoms with Crippen LogP contribution in [-0.4, -0.2) is 20.7 Å². The van der Waals surface area contributed by atoms with Crippen molar-refractivity contribution in [1.82, 2.24) is 14.8 Å². The van der Waals surface area contributed by atoms with E-state index in [9.17, 15) is 4.79 Å². The summed E-state index contributed by atoms with van der Waals surface area (Å²) in [5.74, 6) is 0.429. The summed E-state index contributed by atoms with van der Waals surface area (Å²) in [7, 11) is 0. The van der Waals surface area contributed by atoms with Crippen LogP contribution in [0.3, 0.4) is 0 Å². The molecule has 0 bridgehead atoms. The Hall–Kier alpha value is -2.95. The van der Waals surface area contributed by atoms with Crippen LogP contribution < -0.4 is 5.32 Å². The molecule has 110 valence electrons. The number of aryl methyl sites for hydroxylation is 2. The summed E-state index contributed by atoms with van der Waals surface area (Å²) in [5, 5.41) is 7.34. The van der Waals surface area contributed by atoms with E-state index in [4.69, 9.17) is 0 Å². The lowest BCUT2D eigenvalue weighted by atomic mass is 10.2. The highest BCUT2D eigenvalue weighted by Crippen LogP contribution is 2.18. The van der Waals surface area contributed by atoms with E-state index >= 15 is 0 Å². The fraction of sp³-hybridized carbons (Fsp3) is 0.118. The molecule has 22 heavy (non-hydrogen) atoms. The van der Waals surface area contributed by atoms with Crippen molar-refractivity contribution in [2.75, 3.05) is 5.32 Å². The lowest BCUT2D eigenvalue weighted by Crippen LogP contribution is -2.15. The minimum atomic E-state index is -0.207. The smallest absolute Gasteiger partial charge is 0.258 e. The van der Waals surface area contributed by atoms with Crippen LogP contribution in [0.15, 0.2) is 54.9 Å². The summed E-state index contributed by atoms with van der Waals surface area (Å²) in [6, 6.07) is 13.3. The van der Waals surface area contributed by atoms with Crippen molar-refractivity contribution in [2.24, 2.45) is 0 Å². The Morgan fingerprint density at radius 3 is 2.73 bits per heavy atom. The molecule has 1 N–H and O–H groups in total. The Balaban J connectivity index is 1.94. The molecule has 0 saturated heterocycles. The second kappa shape index (κ2) is 5.81. The van der Waals surface area contributed by atoms with E-state index in [0.29, 0.717) is 11.4 Å². The van der Waals surface area contributed by atoms with Gasteiger partial charge >= 0.3 is 0 Å². The molecule has 0 fully saturated rings. The minimum Gasteiger partial charge on any atom is -0.306 e. The number of pyridine rings is 1. The van der Waals surface area contributed by atoms with Gasteiger partial charge in [-0.25, -0.2) is 4.68 Å². The highest BCUT2D eigenvalue weighted by atomic mass is 16.1. The number of carbonyl (C=O) groups is 1. The van der Waals surface area contributed by atoms with Gasteiger partial charge in [0.1, 0.15) is 5.82 Å². The van der Waals surface area contributed by atoms with Crippen LogP contribution in [0.4, 0.5) is 5.82 Å². The summed E-state index contributed by atoms with van der Waals surface area (Å²) < 4.78 is 1.73. The Labute approximate surface area is 128 Å². The van der Waals surface area contributed by atoms with E-state index in [0.717, 1.165) is 16.9 Å². The van der Waals surface area contributed by atoms with Gasteiger partial charge in [-0.1, -0.05) is 12.1 Å². The SMILES string of the molecule is Cc1cccc(-n2nc(C)cc2NC(=O)c2cccnc2)c1. The Bertz CT molecular complexity index is 809. The van der Waals surface area contributed by atoms with Crippen LogP contribution in [0, 0.1) is 13.8 Å². The summed E-state index contributed by atoms with van der Waals surface area (Å²) in [4.78, 5) is 16.2. The minimum absolute atomic E-state index is 0.207. The van der Waals surface area contributed by atoms with Gasteiger partial charge in [-0.05, 0) is 43.7 Å². The average Bonchev–Trinajstić information content (AvgIpc) is 2.89. The number of hydrogen-bond acceptors (Lipinski definition) is 3. The van der Waals surface area contributed by atoms with Crippen molar-refractivity contribution in [3.05, 3.63) is 71.7 Å². The van der Waals surface area contributed by atoms with Gasteiger partial charge in [0.2, 0.25) is 0 Å². The van der Waals surface area contributed by atoms with Crippen LogP contribution in [-0.2, 0) is 0 Å². The molecule has 3 rings (SSSR count). The Morgan fingerprint density at radius 1 is 1.14 bits per heavy atom. The van der Waals surface area contributed by atoms with Gasteiger partial charge in [-0.15, -0.1) is 0 Å². The molecule has 3 aromatic rings. The summed E-state index contributed by atoms with van der Waals surface area (Å²) in [6.45, 7) is 3.92. The molecule has 0 aliphatic rings. The molecule has 5 heteroatoms. The molecule has 2 heterocycles. The van der Waals surface area contributed by atoms with Crippen LogP contribution in [0.25, 0.3) is 5.69 Å². The van der Waals surface area contributed by atoms with Crippen molar-refractivity contribution in [2.45, 2.75) is 13.8 Å². The second-order valence-corrected chi connectivity index (χ2v) is 5.12. The first-order valence-corrected chi connectivity index (χ1v) is 6.98. The molecule has 0 aliphatic carbocycles. The number of anilines is 1. The average molecular weight is 292 g/mol. The fourth-order valence-electron chi connectivity index (χ4n) is 2.23. The van der Waals surface area contributed by atoms with Gasteiger partial charge in [0.05, 0.1) is 16.9 Å². The van der Waals surface area contributed by atoms with E-state index in [1.807, 2.05) is 44.2 Å². The monoisotopic (exact) mass is 292 g/mol. The zero-order chi connectivity index (χ0) is 15.5. The number of carbonyl (C=O) groups excluding carboxylic acids is 1. The first-order valence-electron chi connectivity index (χ1n) is 6.98.